The second kappa shape index (κ2) is 14.9. The van der Waals surface area contributed by atoms with Crippen LogP contribution >= 0.6 is 15.8 Å². The lowest BCUT2D eigenvalue weighted by Gasteiger charge is -2.64. The Balaban J connectivity index is 1.62. The second-order valence-electron chi connectivity index (χ2n) is 14.4. The smallest absolute Gasteiger partial charge is 0.195 e. The van der Waals surface area contributed by atoms with Gasteiger partial charge in [-0.3, -0.25) is 0 Å². The number of hydrogen-bond donors (Lipinski definition) is 0. The van der Waals surface area contributed by atoms with E-state index in [1.54, 1.807) is 0 Å². The maximum absolute atomic E-state index is 6.71. The minimum atomic E-state index is -0.673. The number of methoxy groups -OCH3 is 2. The van der Waals surface area contributed by atoms with E-state index in [-0.39, 0.29) is 21.8 Å². The van der Waals surface area contributed by atoms with E-state index in [1.807, 2.05) is 14.2 Å². The highest BCUT2D eigenvalue weighted by Crippen LogP contribution is 2.84. The van der Waals surface area contributed by atoms with Crippen LogP contribution in [0.15, 0.2) is 42.5 Å². The molecule has 2 nitrogen and oxygen atoms in total. The topological polar surface area (TPSA) is 18.5 Å². The molecule has 0 N–H and O–H groups in total. The lowest BCUT2D eigenvalue weighted by atomic mass is 9.81. The number of ether oxygens (including phenoxy) is 2. The largest absolute Gasteiger partial charge is 0.349 e. The Morgan fingerprint density at radius 2 is 0.929 bits per heavy atom. The lowest BCUT2D eigenvalue weighted by molar-refractivity contribution is -0.191. The Bertz CT molecular complexity index is 890. The summed E-state index contributed by atoms with van der Waals surface area (Å²) in [5, 5.41) is 0. The van der Waals surface area contributed by atoms with Crippen molar-refractivity contribution in [3.8, 4) is 0 Å². The molecule has 5 aliphatic rings. The molecule has 0 saturated heterocycles. The van der Waals surface area contributed by atoms with E-state index in [4.69, 9.17) is 9.47 Å². The van der Waals surface area contributed by atoms with Crippen molar-refractivity contribution >= 4 is 15.8 Å². The van der Waals surface area contributed by atoms with Crippen LogP contribution in [-0.2, 0) is 9.47 Å². The summed E-state index contributed by atoms with van der Waals surface area (Å²) < 4.78 is 13.4. The van der Waals surface area contributed by atoms with Gasteiger partial charge in [-0.15, -0.1) is 0 Å². The average molecular weight is 611 g/mol. The lowest BCUT2D eigenvalue weighted by Crippen LogP contribution is -2.55. The summed E-state index contributed by atoms with van der Waals surface area (Å²) in [6.45, 7) is 0. The zero-order valence-electron chi connectivity index (χ0n) is 27.0. The van der Waals surface area contributed by atoms with Crippen molar-refractivity contribution in [1.29, 1.82) is 0 Å². The number of rotatable bonds is 9. The molecule has 1 atom stereocenters. The Kier molecular flexibility index (Phi) is 11.2. The van der Waals surface area contributed by atoms with E-state index < -0.39 is 5.79 Å². The molecule has 6 rings (SSSR count). The van der Waals surface area contributed by atoms with Crippen LogP contribution in [0.25, 0.3) is 0 Å². The van der Waals surface area contributed by atoms with Crippen LogP contribution in [0.4, 0.5) is 0 Å². The van der Waals surface area contributed by atoms with Gasteiger partial charge in [0.2, 0.25) is 0 Å². The van der Waals surface area contributed by atoms with Gasteiger partial charge >= 0.3 is 0 Å². The molecule has 0 amide bonds. The van der Waals surface area contributed by atoms with Crippen LogP contribution < -0.4 is 0 Å². The predicted molar refractivity (Wildman–Crippen MR) is 184 cm³/mol. The molecule has 234 valence electrons. The first kappa shape index (κ1) is 31.7. The normalized spacial score (nSPS) is 28.4. The van der Waals surface area contributed by atoms with E-state index in [1.165, 1.54) is 140 Å². The van der Waals surface area contributed by atoms with Crippen molar-refractivity contribution in [2.75, 3.05) is 14.2 Å². The van der Waals surface area contributed by atoms with Crippen molar-refractivity contribution in [3.05, 3.63) is 48.0 Å². The Hall–Kier alpha value is -0.260. The fourth-order valence-corrected chi connectivity index (χ4v) is 22.8. The summed E-state index contributed by atoms with van der Waals surface area (Å²) in [6, 6.07) is 11.8. The van der Waals surface area contributed by atoms with E-state index >= 15 is 0 Å². The molecule has 0 aliphatic heterocycles. The maximum Gasteiger partial charge on any atom is 0.195 e. The molecule has 0 radical (unpaired) electrons. The Morgan fingerprint density at radius 3 is 1.29 bits per heavy atom. The van der Waals surface area contributed by atoms with E-state index in [2.05, 4.69) is 42.5 Å². The SMILES string of the molecule is COC1(OC)C=CCC(P(C2CCCCC2)C2CCCCC2)(P(C2CCCCC2)C2CCCCC2)[C@H]1c1ccccc1. The van der Waals surface area contributed by atoms with Crippen molar-refractivity contribution in [1.82, 2.24) is 0 Å². The molecule has 5 aliphatic carbocycles. The summed E-state index contributed by atoms with van der Waals surface area (Å²) in [5.41, 5.74) is 5.22. The fraction of sp³-hybridized carbons (Fsp3) is 0.789. The van der Waals surface area contributed by atoms with Gasteiger partial charge in [-0.2, -0.15) is 0 Å². The van der Waals surface area contributed by atoms with Crippen molar-refractivity contribution < 1.29 is 9.47 Å². The second-order valence-corrected chi connectivity index (χ2v) is 20.9. The first-order valence-corrected chi connectivity index (χ1v) is 21.1. The molecule has 4 saturated carbocycles. The molecule has 0 spiro atoms. The molecule has 0 heterocycles. The van der Waals surface area contributed by atoms with Gasteiger partial charge in [0, 0.05) is 19.1 Å². The van der Waals surface area contributed by atoms with Crippen molar-refractivity contribution in [2.24, 2.45) is 0 Å². The molecule has 42 heavy (non-hydrogen) atoms. The van der Waals surface area contributed by atoms with E-state index in [9.17, 15) is 0 Å². The number of benzene rings is 1. The molecule has 0 bridgehead atoms. The molecular weight excluding hydrogens is 550 g/mol. The summed E-state index contributed by atoms with van der Waals surface area (Å²) in [7, 11) is 3.50. The molecule has 4 heteroatoms. The zero-order valence-corrected chi connectivity index (χ0v) is 28.8. The van der Waals surface area contributed by atoms with Gasteiger partial charge in [-0.1, -0.05) is 129 Å². The third-order valence-corrected chi connectivity index (χ3v) is 21.4. The van der Waals surface area contributed by atoms with Crippen LogP contribution in [0.1, 0.15) is 146 Å². The predicted octanol–water partition coefficient (Wildman–Crippen LogP) is 11.7. The van der Waals surface area contributed by atoms with Crippen LogP contribution in [0.5, 0.6) is 0 Å². The molecule has 1 aromatic carbocycles. The summed E-state index contributed by atoms with van der Waals surface area (Å²) in [4.78, 5) is 0.292. The molecule has 4 fully saturated rings. The summed E-state index contributed by atoms with van der Waals surface area (Å²) in [5.74, 6) is -0.385. The van der Waals surface area contributed by atoms with Gasteiger partial charge in [0.25, 0.3) is 0 Å². The number of allylic oxidation sites excluding steroid dienone is 1. The van der Waals surface area contributed by atoms with Gasteiger partial charge in [0.15, 0.2) is 5.79 Å². The van der Waals surface area contributed by atoms with Gasteiger partial charge in [-0.25, -0.2) is 0 Å². The zero-order chi connectivity index (χ0) is 28.8. The summed E-state index contributed by atoms with van der Waals surface area (Å²) >= 11 is 0. The maximum atomic E-state index is 6.71. The van der Waals surface area contributed by atoms with E-state index in [0.717, 1.165) is 22.6 Å². The van der Waals surface area contributed by atoms with Crippen molar-refractivity contribution in [3.63, 3.8) is 0 Å². The van der Waals surface area contributed by atoms with Gasteiger partial charge < -0.3 is 9.47 Å². The van der Waals surface area contributed by atoms with Crippen molar-refractivity contribution in [2.45, 2.75) is 174 Å². The third kappa shape index (κ3) is 6.24. The average Bonchev–Trinajstić information content (AvgIpc) is 3.07. The molecule has 0 aromatic heterocycles. The van der Waals surface area contributed by atoms with Gasteiger partial charge in [-0.05, 0) is 92.1 Å². The first-order valence-electron chi connectivity index (χ1n) is 18.1. The highest BCUT2D eigenvalue weighted by atomic mass is 31.2. The molecular formula is C38H60O2P2. The first-order chi connectivity index (χ1) is 20.7. The minimum absolute atomic E-state index is 0.204. The molecule has 1 aromatic rings. The van der Waals surface area contributed by atoms with Crippen LogP contribution in [0, 0.1) is 0 Å². The van der Waals surface area contributed by atoms with Gasteiger partial charge in [0.1, 0.15) is 0 Å². The van der Waals surface area contributed by atoms with Gasteiger partial charge in [0.05, 0.1) is 5.92 Å². The summed E-state index contributed by atoms with van der Waals surface area (Å²) in [6.07, 6.45) is 35.7. The Morgan fingerprint density at radius 1 is 0.548 bits per heavy atom. The number of hydrogen-bond acceptors (Lipinski definition) is 2. The highest BCUT2D eigenvalue weighted by molar-refractivity contribution is 7.78. The standard InChI is InChI=1S/C38H60O2P2/c1-39-37(40-2)29-18-30-38(36(37)31-19-8-3-9-20-31,41(32-21-10-4-11-22-32)33-23-12-5-13-24-33)42(34-25-14-6-15-26-34)35-27-16-7-17-28-35/h3,8-9,18-20,29,32-36H,4-7,10-17,21-28,30H2,1-2H3/t36-/m0/s1. The molecule has 0 unspecified atom stereocenters. The quantitative estimate of drug-likeness (QED) is 0.157. The van der Waals surface area contributed by atoms with E-state index in [0.29, 0.717) is 4.90 Å². The Labute approximate surface area is 261 Å². The highest BCUT2D eigenvalue weighted by Gasteiger charge is 2.64. The fourth-order valence-electron chi connectivity index (χ4n) is 10.5. The monoisotopic (exact) mass is 610 g/mol. The van der Waals surface area contributed by atoms with Crippen LogP contribution in [0.3, 0.4) is 0 Å². The van der Waals surface area contributed by atoms with Crippen LogP contribution in [-0.4, -0.2) is 47.5 Å². The van der Waals surface area contributed by atoms with Crippen LogP contribution in [0.2, 0.25) is 0 Å². The minimum Gasteiger partial charge on any atom is -0.349 e. The third-order valence-electron chi connectivity index (χ3n) is 12.2.